The van der Waals surface area contributed by atoms with Crippen LogP contribution in [-0.2, 0) is 19.1 Å². The smallest absolute Gasteiger partial charge is 0.253 e. The molecule has 2 bridgehead atoms. The van der Waals surface area contributed by atoms with Crippen molar-refractivity contribution in [2.45, 2.75) is 64.7 Å². The predicted molar refractivity (Wildman–Crippen MR) is 165 cm³/mol. The molecule has 3 saturated heterocycles. The van der Waals surface area contributed by atoms with Crippen molar-refractivity contribution in [2.75, 3.05) is 55.7 Å². The maximum Gasteiger partial charge on any atom is 0.253 e. The summed E-state index contributed by atoms with van der Waals surface area (Å²) in [7, 11) is 0. The molecule has 230 valence electrons. The quantitative estimate of drug-likeness (QED) is 0.339. The van der Waals surface area contributed by atoms with Crippen molar-refractivity contribution in [3.8, 4) is 0 Å². The highest BCUT2D eigenvalue weighted by atomic mass is 16.5. The molecule has 0 aliphatic carbocycles. The molecular weight excluding hydrogens is 532 g/mol. The topological polar surface area (TPSA) is 93.6 Å². The SMILES string of the molecule is C=CCN(CCC)C(=O)[C@@H]1[C@H]2C(=O)N(CCO)C(C(=O)N(CC=C)c3ccc(N(CC)CC)cc3)C23CC(C)[C@@]1(C)O3. The van der Waals surface area contributed by atoms with E-state index in [1.54, 1.807) is 22.0 Å². The Bertz CT molecular complexity index is 1180. The fraction of sp³-hybridized carbons (Fsp3) is 0.606. The molecule has 1 aromatic rings. The number of amides is 3. The number of β-amino-alcohol motifs (C(OH)–C–C–N with tert-alkyl or cyclic N) is 1. The third-order valence-electron chi connectivity index (χ3n) is 9.68. The van der Waals surface area contributed by atoms with Crippen molar-refractivity contribution >= 4 is 29.1 Å². The van der Waals surface area contributed by atoms with Crippen LogP contribution in [0, 0.1) is 17.8 Å². The van der Waals surface area contributed by atoms with Crippen LogP contribution in [0.3, 0.4) is 0 Å². The standard InChI is InChI=1S/C33H48N4O5/c1-8-17-35(18-9-2)29(39)26-27-30(40)37(20-21-38)28(33(27)22-23(6)32(26,7)42-33)31(41)36(19-10-3)25-15-13-24(14-16-25)34(11-4)12-5/h8,10,13-16,23,26-28,38H,1,3,9,11-12,17-22H2,2,4-7H3/t23?,26-,27-,28?,32+,33?/m0/s1. The molecule has 3 fully saturated rings. The van der Waals surface area contributed by atoms with Gasteiger partial charge >= 0.3 is 0 Å². The van der Waals surface area contributed by atoms with Gasteiger partial charge in [0, 0.05) is 50.6 Å². The number of benzene rings is 1. The number of fused-ring (bicyclic) bond motifs is 1. The Balaban J connectivity index is 1.78. The van der Waals surface area contributed by atoms with Gasteiger partial charge < -0.3 is 29.4 Å². The van der Waals surface area contributed by atoms with Gasteiger partial charge in [-0.2, -0.15) is 0 Å². The minimum atomic E-state index is -1.18. The highest BCUT2D eigenvalue weighted by molar-refractivity contribution is 6.05. The zero-order valence-electron chi connectivity index (χ0n) is 25.9. The van der Waals surface area contributed by atoms with Gasteiger partial charge in [-0.15, -0.1) is 13.2 Å². The molecule has 3 aliphatic heterocycles. The van der Waals surface area contributed by atoms with Crippen LogP contribution >= 0.6 is 0 Å². The molecule has 9 nitrogen and oxygen atoms in total. The van der Waals surface area contributed by atoms with Gasteiger partial charge in [-0.25, -0.2) is 0 Å². The second-order valence-corrected chi connectivity index (χ2v) is 12.0. The summed E-state index contributed by atoms with van der Waals surface area (Å²) in [6.07, 6.45) is 4.60. The van der Waals surface area contributed by atoms with Gasteiger partial charge in [-0.1, -0.05) is 26.0 Å². The number of likely N-dealkylation sites (tertiary alicyclic amines) is 1. The molecule has 0 aromatic heterocycles. The monoisotopic (exact) mass is 580 g/mol. The third kappa shape index (κ3) is 4.94. The molecule has 3 heterocycles. The van der Waals surface area contributed by atoms with E-state index in [9.17, 15) is 19.5 Å². The summed E-state index contributed by atoms with van der Waals surface area (Å²) in [6.45, 7) is 20.4. The average molecular weight is 581 g/mol. The van der Waals surface area contributed by atoms with Crippen LogP contribution in [0.4, 0.5) is 11.4 Å². The van der Waals surface area contributed by atoms with Gasteiger partial charge in [0.1, 0.15) is 11.6 Å². The largest absolute Gasteiger partial charge is 0.395 e. The number of aliphatic hydroxyl groups excluding tert-OH is 1. The lowest BCUT2D eigenvalue weighted by molar-refractivity contribution is -0.151. The van der Waals surface area contributed by atoms with Crippen LogP contribution in [0.15, 0.2) is 49.6 Å². The predicted octanol–water partition coefficient (Wildman–Crippen LogP) is 3.48. The number of carbonyl (C=O) groups excluding carboxylic acids is 3. The molecule has 3 amide bonds. The molecule has 1 aromatic carbocycles. The van der Waals surface area contributed by atoms with Crippen LogP contribution in [0.25, 0.3) is 0 Å². The lowest BCUT2D eigenvalue weighted by atomic mass is 9.62. The number of anilines is 2. The summed E-state index contributed by atoms with van der Waals surface area (Å²) in [5.74, 6) is -2.35. The van der Waals surface area contributed by atoms with Crippen LogP contribution in [-0.4, -0.2) is 95.7 Å². The van der Waals surface area contributed by atoms with Crippen LogP contribution < -0.4 is 9.80 Å². The summed E-state index contributed by atoms with van der Waals surface area (Å²) in [6, 6.07) is 6.84. The van der Waals surface area contributed by atoms with Gasteiger partial charge in [-0.05, 0) is 63.8 Å². The molecular formula is C33H48N4O5. The molecule has 0 saturated carbocycles. The molecule has 3 aliphatic rings. The average Bonchev–Trinajstić information content (AvgIpc) is 3.48. The van der Waals surface area contributed by atoms with Crippen molar-refractivity contribution in [3.63, 3.8) is 0 Å². The highest BCUT2D eigenvalue weighted by Crippen LogP contribution is 2.65. The minimum absolute atomic E-state index is 0.0169. The second kappa shape index (κ2) is 12.6. The lowest BCUT2D eigenvalue weighted by Crippen LogP contribution is -2.57. The molecule has 1 spiro atoms. The van der Waals surface area contributed by atoms with Gasteiger partial charge in [-0.3, -0.25) is 14.4 Å². The van der Waals surface area contributed by atoms with E-state index in [1.165, 1.54) is 4.90 Å². The molecule has 4 rings (SSSR count). The normalized spacial score (nSPS) is 29.4. The van der Waals surface area contributed by atoms with Crippen molar-refractivity contribution in [1.82, 2.24) is 9.80 Å². The van der Waals surface area contributed by atoms with E-state index in [2.05, 4.69) is 31.9 Å². The molecule has 3 unspecified atom stereocenters. The van der Waals surface area contributed by atoms with Crippen molar-refractivity contribution < 1.29 is 24.2 Å². The van der Waals surface area contributed by atoms with E-state index in [0.29, 0.717) is 25.2 Å². The van der Waals surface area contributed by atoms with E-state index in [0.717, 1.165) is 25.2 Å². The number of carbonyl (C=O) groups is 3. The maximum atomic E-state index is 14.7. The fourth-order valence-electron chi connectivity index (χ4n) is 7.69. The molecule has 1 N–H and O–H groups in total. The zero-order chi connectivity index (χ0) is 30.8. The first kappa shape index (κ1) is 31.8. The summed E-state index contributed by atoms with van der Waals surface area (Å²) in [4.78, 5) is 50.1. The number of rotatable bonds is 14. The van der Waals surface area contributed by atoms with E-state index in [4.69, 9.17) is 4.74 Å². The Kier molecular flexibility index (Phi) is 9.52. The lowest BCUT2D eigenvalue weighted by Gasteiger charge is -2.39. The van der Waals surface area contributed by atoms with E-state index < -0.39 is 29.1 Å². The van der Waals surface area contributed by atoms with Crippen molar-refractivity contribution in [2.24, 2.45) is 17.8 Å². The Morgan fingerprint density at radius 1 is 1.07 bits per heavy atom. The van der Waals surface area contributed by atoms with E-state index >= 15 is 0 Å². The first-order chi connectivity index (χ1) is 20.1. The van der Waals surface area contributed by atoms with Crippen LogP contribution in [0.5, 0.6) is 0 Å². The van der Waals surface area contributed by atoms with E-state index in [-0.39, 0.29) is 43.3 Å². The summed E-state index contributed by atoms with van der Waals surface area (Å²) < 4.78 is 6.85. The zero-order valence-corrected chi connectivity index (χ0v) is 25.9. The number of hydrogen-bond acceptors (Lipinski definition) is 6. The number of aliphatic hydroxyl groups is 1. The van der Waals surface area contributed by atoms with Crippen molar-refractivity contribution in [3.05, 3.63) is 49.6 Å². The maximum absolute atomic E-state index is 14.7. The fourth-order valence-corrected chi connectivity index (χ4v) is 7.69. The van der Waals surface area contributed by atoms with Gasteiger partial charge in [0.25, 0.3) is 5.91 Å². The Morgan fingerprint density at radius 2 is 1.69 bits per heavy atom. The van der Waals surface area contributed by atoms with Gasteiger partial charge in [0.05, 0.1) is 24.0 Å². The first-order valence-corrected chi connectivity index (χ1v) is 15.4. The van der Waals surface area contributed by atoms with E-state index in [1.807, 2.05) is 45.0 Å². The van der Waals surface area contributed by atoms with Gasteiger partial charge in [0.15, 0.2) is 0 Å². The molecule has 0 radical (unpaired) electrons. The highest BCUT2D eigenvalue weighted by Gasteiger charge is 2.80. The summed E-state index contributed by atoms with van der Waals surface area (Å²) >= 11 is 0. The minimum Gasteiger partial charge on any atom is -0.395 e. The number of hydrogen-bond donors (Lipinski definition) is 1. The Labute approximate surface area is 250 Å². The third-order valence-corrected chi connectivity index (χ3v) is 9.68. The first-order valence-electron chi connectivity index (χ1n) is 15.4. The Hall–Kier alpha value is -3.17. The molecule has 6 atom stereocenters. The van der Waals surface area contributed by atoms with Gasteiger partial charge in [0.2, 0.25) is 11.8 Å². The summed E-state index contributed by atoms with van der Waals surface area (Å²) in [5.41, 5.74) is -0.330. The van der Waals surface area contributed by atoms with Crippen molar-refractivity contribution in [1.29, 1.82) is 0 Å². The molecule has 9 heteroatoms. The number of nitrogens with zero attached hydrogens (tertiary/aromatic N) is 4. The summed E-state index contributed by atoms with van der Waals surface area (Å²) in [5, 5.41) is 10.0. The number of ether oxygens (including phenoxy) is 1. The second-order valence-electron chi connectivity index (χ2n) is 12.0. The Morgan fingerprint density at radius 3 is 2.24 bits per heavy atom. The van der Waals surface area contributed by atoms with Crippen LogP contribution in [0.1, 0.15) is 47.5 Å². The molecule has 42 heavy (non-hydrogen) atoms. The van der Waals surface area contributed by atoms with Crippen LogP contribution in [0.2, 0.25) is 0 Å².